The van der Waals surface area contributed by atoms with Crippen LogP contribution in [0.5, 0.6) is 0 Å². The van der Waals surface area contributed by atoms with Crippen molar-refractivity contribution in [3.8, 4) is 0 Å². The van der Waals surface area contributed by atoms with Crippen molar-refractivity contribution in [1.29, 1.82) is 0 Å². The van der Waals surface area contributed by atoms with E-state index in [1.807, 2.05) is 13.8 Å². The zero-order valence-electron chi connectivity index (χ0n) is 9.78. The van der Waals surface area contributed by atoms with Gasteiger partial charge in [-0.1, -0.05) is 60.3 Å². The number of hydrogen-bond acceptors (Lipinski definition) is 0. The molecule has 0 aliphatic rings. The maximum atomic E-state index is 9.50. The Hall–Kier alpha value is -0.0700. The molecule has 0 rings (SSSR count). The zero-order valence-corrected chi connectivity index (χ0v) is 9.78. The Morgan fingerprint density at radius 2 is 1.25 bits per heavy atom. The van der Waals surface area contributed by atoms with E-state index in [9.17, 15) is 4.39 Å². The molecule has 0 aromatic heterocycles. The minimum atomic E-state index is 0.500. The van der Waals surface area contributed by atoms with Crippen LogP contribution < -0.4 is 0 Å². The van der Waals surface area contributed by atoms with Gasteiger partial charge < -0.3 is 0 Å². The fourth-order valence-corrected chi connectivity index (χ4v) is 1.11. The normalized spacial score (nSPS) is 8.00. The van der Waals surface area contributed by atoms with Gasteiger partial charge >= 0.3 is 0 Å². The van der Waals surface area contributed by atoms with Gasteiger partial charge in [0.05, 0.1) is 7.18 Å². The van der Waals surface area contributed by atoms with E-state index in [4.69, 9.17) is 0 Å². The van der Waals surface area contributed by atoms with Crippen molar-refractivity contribution in [1.82, 2.24) is 0 Å². The van der Waals surface area contributed by atoms with Gasteiger partial charge in [0, 0.05) is 0 Å². The van der Waals surface area contributed by atoms with Gasteiger partial charge in [-0.25, -0.2) is 0 Å². The van der Waals surface area contributed by atoms with Gasteiger partial charge in [-0.15, -0.1) is 0 Å². The molecule has 0 aliphatic heterocycles. The van der Waals surface area contributed by atoms with Gasteiger partial charge in [-0.3, -0.25) is 4.39 Å². The molecule has 78 valence electrons. The summed E-state index contributed by atoms with van der Waals surface area (Å²) in [5, 5.41) is 0. The molecular formula is C11H27F. The Balaban J connectivity index is -0.000000175. The van der Waals surface area contributed by atoms with Gasteiger partial charge in [0.25, 0.3) is 0 Å². The van der Waals surface area contributed by atoms with E-state index < -0.39 is 0 Å². The van der Waals surface area contributed by atoms with Crippen LogP contribution in [0.4, 0.5) is 4.39 Å². The summed E-state index contributed by atoms with van der Waals surface area (Å²) in [6, 6.07) is 0. The van der Waals surface area contributed by atoms with Crippen LogP contribution in [0.2, 0.25) is 0 Å². The topological polar surface area (TPSA) is 0 Å². The first-order chi connectivity index (χ1) is 5.85. The van der Waals surface area contributed by atoms with Crippen molar-refractivity contribution in [2.75, 3.05) is 7.18 Å². The van der Waals surface area contributed by atoms with Crippen molar-refractivity contribution in [3.05, 3.63) is 0 Å². The average Bonchev–Trinajstić information content (AvgIpc) is 2.20. The molecule has 0 unspecified atom stereocenters. The summed E-state index contributed by atoms with van der Waals surface area (Å²) in [5.41, 5.74) is 0. The van der Waals surface area contributed by atoms with Crippen LogP contribution in [0, 0.1) is 5.92 Å². The van der Waals surface area contributed by atoms with Crippen LogP contribution in [0.15, 0.2) is 0 Å². The summed E-state index contributed by atoms with van der Waals surface area (Å²) in [5.74, 6) is 1.000. The number of halogens is 1. The second kappa shape index (κ2) is 22.4. The summed E-state index contributed by atoms with van der Waals surface area (Å²) in [7, 11) is 0.500. The lowest BCUT2D eigenvalue weighted by molar-refractivity contribution is 0.451. The van der Waals surface area contributed by atoms with E-state index in [2.05, 4.69) is 20.8 Å². The second-order valence-electron chi connectivity index (χ2n) is 2.47. The minimum absolute atomic E-state index is 0.500. The highest BCUT2D eigenvalue weighted by Crippen LogP contribution is 2.13. The van der Waals surface area contributed by atoms with Crippen LogP contribution >= 0.6 is 0 Å². The molecule has 0 radical (unpaired) electrons. The van der Waals surface area contributed by atoms with Crippen molar-refractivity contribution in [2.45, 2.75) is 60.3 Å². The zero-order chi connectivity index (χ0) is 10.4. The van der Waals surface area contributed by atoms with Crippen LogP contribution in [0.3, 0.4) is 0 Å². The van der Waals surface area contributed by atoms with E-state index in [1.54, 1.807) is 0 Å². The van der Waals surface area contributed by atoms with Gasteiger partial charge in [0.2, 0.25) is 0 Å². The first-order valence-electron chi connectivity index (χ1n) is 5.22. The highest BCUT2D eigenvalue weighted by Gasteiger charge is 1.98. The fraction of sp³-hybridized carbons (Fsp3) is 1.00. The third-order valence-corrected chi connectivity index (χ3v) is 1.85. The summed E-state index contributed by atoms with van der Waals surface area (Å²) in [6.07, 6.45) is 5.51. The fourth-order valence-electron chi connectivity index (χ4n) is 1.11. The Bertz CT molecular complexity index is 40.3. The van der Waals surface area contributed by atoms with E-state index >= 15 is 0 Å². The molecule has 0 spiro atoms. The summed E-state index contributed by atoms with van der Waals surface area (Å²) in [4.78, 5) is 0. The van der Waals surface area contributed by atoms with Crippen LogP contribution in [-0.2, 0) is 0 Å². The van der Waals surface area contributed by atoms with Crippen molar-refractivity contribution in [3.63, 3.8) is 0 Å². The van der Waals surface area contributed by atoms with E-state index in [-0.39, 0.29) is 0 Å². The molecule has 0 nitrogen and oxygen atoms in total. The molecule has 0 N–H and O–H groups in total. The van der Waals surface area contributed by atoms with Gasteiger partial charge in [0.1, 0.15) is 0 Å². The summed E-state index contributed by atoms with van der Waals surface area (Å²) >= 11 is 0. The third kappa shape index (κ3) is 16.5. The lowest BCUT2D eigenvalue weighted by atomic mass is 9.98. The highest BCUT2D eigenvalue weighted by molar-refractivity contribution is 4.51. The lowest BCUT2D eigenvalue weighted by Gasteiger charge is -2.08. The van der Waals surface area contributed by atoms with E-state index in [0.29, 0.717) is 7.18 Å². The molecule has 0 fully saturated rings. The Morgan fingerprint density at radius 1 is 0.917 bits per heavy atom. The quantitative estimate of drug-likeness (QED) is 0.578. The Kier molecular flexibility index (Phi) is 33.4. The predicted molar refractivity (Wildman–Crippen MR) is 57.4 cm³/mol. The molecule has 0 bridgehead atoms. The highest BCUT2D eigenvalue weighted by atomic mass is 19.1. The monoisotopic (exact) mass is 178 g/mol. The standard InChI is InChI=1S/C8H18.C2H6.CH3F/c1-4-7-8(5-2)6-3;2*1-2/h8H,4-7H2,1-3H3;1-2H3;1H3. The molecule has 0 saturated carbocycles. The molecule has 1 heteroatoms. The third-order valence-electron chi connectivity index (χ3n) is 1.85. The average molecular weight is 178 g/mol. The van der Waals surface area contributed by atoms with Gasteiger partial charge in [0.15, 0.2) is 0 Å². The molecule has 12 heavy (non-hydrogen) atoms. The maximum Gasteiger partial charge on any atom is 0.0785 e. The van der Waals surface area contributed by atoms with Gasteiger partial charge in [-0.2, -0.15) is 0 Å². The second-order valence-corrected chi connectivity index (χ2v) is 2.47. The van der Waals surface area contributed by atoms with Gasteiger partial charge in [-0.05, 0) is 5.92 Å². The molecule has 0 saturated heterocycles. The minimum Gasteiger partial charge on any atom is -0.255 e. The van der Waals surface area contributed by atoms with E-state index in [0.717, 1.165) is 5.92 Å². The molecular weight excluding hydrogens is 151 g/mol. The van der Waals surface area contributed by atoms with E-state index in [1.165, 1.54) is 25.7 Å². The SMILES string of the molecule is CC.CCCC(CC)CC.CF. The van der Waals surface area contributed by atoms with Crippen molar-refractivity contribution >= 4 is 0 Å². The Morgan fingerprint density at radius 3 is 1.33 bits per heavy atom. The Labute approximate surface area is 78.6 Å². The molecule has 0 atom stereocenters. The van der Waals surface area contributed by atoms with Crippen LogP contribution in [0.25, 0.3) is 0 Å². The predicted octanol–water partition coefficient (Wildman–Crippen LogP) is 4.83. The van der Waals surface area contributed by atoms with Crippen molar-refractivity contribution < 1.29 is 4.39 Å². The summed E-state index contributed by atoms with van der Waals surface area (Å²) in [6.45, 7) is 10.8. The largest absolute Gasteiger partial charge is 0.255 e. The number of rotatable bonds is 4. The first-order valence-corrected chi connectivity index (χ1v) is 5.22. The first kappa shape index (κ1) is 17.9. The molecule has 0 amide bonds. The molecule has 0 heterocycles. The van der Waals surface area contributed by atoms with Crippen LogP contribution in [-0.4, -0.2) is 7.18 Å². The maximum absolute atomic E-state index is 9.50. The smallest absolute Gasteiger partial charge is 0.0785 e. The number of hydrogen-bond donors (Lipinski definition) is 0. The van der Waals surface area contributed by atoms with Crippen LogP contribution in [0.1, 0.15) is 60.3 Å². The molecule has 0 aromatic carbocycles. The van der Waals surface area contributed by atoms with Crippen molar-refractivity contribution in [2.24, 2.45) is 5.92 Å². The number of alkyl halides is 1. The molecule has 0 aromatic rings. The lowest BCUT2D eigenvalue weighted by Crippen LogP contribution is -1.94. The summed E-state index contributed by atoms with van der Waals surface area (Å²) < 4.78 is 9.50. The molecule has 0 aliphatic carbocycles.